The Morgan fingerprint density at radius 2 is 1.65 bits per heavy atom. The van der Waals surface area contributed by atoms with E-state index < -0.39 is 17.8 Å². The van der Waals surface area contributed by atoms with E-state index in [2.05, 4.69) is 5.32 Å². The van der Waals surface area contributed by atoms with Crippen LogP contribution in [0.4, 0.5) is 10.5 Å². The van der Waals surface area contributed by atoms with E-state index in [9.17, 15) is 14.4 Å². The van der Waals surface area contributed by atoms with Gasteiger partial charge in [0.2, 0.25) is 0 Å². The van der Waals surface area contributed by atoms with Crippen LogP contribution in [0.25, 0.3) is 6.08 Å². The molecule has 1 heterocycles. The Hall–Kier alpha value is -3.67. The second-order valence-electron chi connectivity index (χ2n) is 5.45. The van der Waals surface area contributed by atoms with Crippen molar-refractivity contribution in [1.29, 1.82) is 0 Å². The summed E-state index contributed by atoms with van der Waals surface area (Å²) in [4.78, 5) is 37.7. The number of ether oxygens (including phenoxy) is 1. The Morgan fingerprint density at radius 1 is 0.962 bits per heavy atom. The summed E-state index contributed by atoms with van der Waals surface area (Å²) in [6, 6.07) is 15.1. The minimum atomic E-state index is -0.783. The molecule has 1 saturated heterocycles. The smallest absolute Gasteiger partial charge is 0.335 e. The van der Waals surface area contributed by atoms with E-state index in [-0.39, 0.29) is 5.57 Å². The molecule has 26 heavy (non-hydrogen) atoms. The molecule has 2 aromatic carbocycles. The van der Waals surface area contributed by atoms with Gasteiger partial charge in [0.1, 0.15) is 11.3 Å². The monoisotopic (exact) mass is 348 g/mol. The standard InChI is InChI=1S/C20H16N2O4/c1-26-16-12-10-15(11-13-16)22-19(24)17(18(23)21-20(22)25)9-5-8-14-6-3-2-4-7-14/h2-13H,1H3,(H,21,23,25)/b8-5+,17-9+. The number of hydrogen-bond donors (Lipinski definition) is 1. The lowest BCUT2D eigenvalue weighted by Crippen LogP contribution is -2.54. The van der Waals surface area contributed by atoms with Crippen LogP contribution in [0.1, 0.15) is 5.56 Å². The summed E-state index contributed by atoms with van der Waals surface area (Å²) in [6.45, 7) is 0. The Morgan fingerprint density at radius 3 is 2.31 bits per heavy atom. The van der Waals surface area contributed by atoms with Gasteiger partial charge in [-0.25, -0.2) is 9.69 Å². The fourth-order valence-corrected chi connectivity index (χ4v) is 2.46. The number of carbonyl (C=O) groups is 3. The van der Waals surface area contributed by atoms with Gasteiger partial charge in [0.15, 0.2) is 0 Å². The van der Waals surface area contributed by atoms with E-state index >= 15 is 0 Å². The van der Waals surface area contributed by atoms with Gasteiger partial charge >= 0.3 is 6.03 Å². The molecule has 6 nitrogen and oxygen atoms in total. The molecule has 0 radical (unpaired) electrons. The molecular weight excluding hydrogens is 332 g/mol. The van der Waals surface area contributed by atoms with Gasteiger partial charge in [0.05, 0.1) is 12.8 Å². The molecule has 0 unspecified atom stereocenters. The van der Waals surface area contributed by atoms with E-state index in [0.717, 1.165) is 10.5 Å². The number of carbonyl (C=O) groups excluding carboxylic acids is 3. The summed E-state index contributed by atoms with van der Waals surface area (Å²) < 4.78 is 5.06. The lowest BCUT2D eigenvalue weighted by Gasteiger charge is -2.26. The highest BCUT2D eigenvalue weighted by molar-refractivity contribution is 6.37. The number of imide groups is 2. The second kappa shape index (κ2) is 7.48. The highest BCUT2D eigenvalue weighted by Crippen LogP contribution is 2.23. The third-order valence-electron chi connectivity index (χ3n) is 3.78. The van der Waals surface area contributed by atoms with Crippen LogP contribution in [-0.2, 0) is 9.59 Å². The highest BCUT2D eigenvalue weighted by atomic mass is 16.5. The zero-order valence-corrected chi connectivity index (χ0v) is 14.0. The summed E-state index contributed by atoms with van der Waals surface area (Å²) in [5.74, 6) is -0.805. The van der Waals surface area contributed by atoms with E-state index in [1.807, 2.05) is 30.3 Å². The number of rotatable bonds is 4. The van der Waals surface area contributed by atoms with Crippen LogP contribution >= 0.6 is 0 Å². The van der Waals surface area contributed by atoms with Crippen molar-refractivity contribution >= 4 is 29.6 Å². The molecule has 6 heteroatoms. The average Bonchev–Trinajstić information content (AvgIpc) is 2.65. The largest absolute Gasteiger partial charge is 0.497 e. The van der Waals surface area contributed by atoms with Crippen LogP contribution in [0.2, 0.25) is 0 Å². The number of nitrogens with zero attached hydrogens (tertiary/aromatic N) is 1. The predicted octanol–water partition coefficient (Wildman–Crippen LogP) is 2.92. The summed E-state index contributed by atoms with van der Waals surface area (Å²) in [5.41, 5.74) is 1.16. The molecule has 1 N–H and O–H groups in total. The van der Waals surface area contributed by atoms with Gasteiger partial charge in [-0.05, 0) is 35.9 Å². The van der Waals surface area contributed by atoms with Crippen molar-refractivity contribution in [3.8, 4) is 5.75 Å². The molecule has 130 valence electrons. The van der Waals surface area contributed by atoms with Crippen LogP contribution in [0.15, 0.2) is 72.3 Å². The van der Waals surface area contributed by atoms with E-state index in [1.54, 1.807) is 36.4 Å². The van der Waals surface area contributed by atoms with Gasteiger partial charge < -0.3 is 4.74 Å². The van der Waals surface area contributed by atoms with Gasteiger partial charge in [0.25, 0.3) is 11.8 Å². The number of urea groups is 1. The van der Waals surface area contributed by atoms with E-state index in [4.69, 9.17) is 4.74 Å². The molecule has 4 amide bonds. The number of benzene rings is 2. The Labute approximate surface area is 150 Å². The van der Waals surface area contributed by atoms with Gasteiger partial charge in [-0.15, -0.1) is 0 Å². The molecule has 0 saturated carbocycles. The molecular formula is C20H16N2O4. The number of nitrogens with one attached hydrogen (secondary N) is 1. The molecule has 1 aliphatic heterocycles. The van der Waals surface area contributed by atoms with Crippen molar-refractivity contribution in [1.82, 2.24) is 5.32 Å². The van der Waals surface area contributed by atoms with Gasteiger partial charge in [0, 0.05) is 0 Å². The molecule has 0 atom stereocenters. The lowest BCUT2D eigenvalue weighted by atomic mass is 10.1. The predicted molar refractivity (Wildman–Crippen MR) is 97.6 cm³/mol. The van der Waals surface area contributed by atoms with E-state index in [1.165, 1.54) is 13.2 Å². The van der Waals surface area contributed by atoms with Crippen LogP contribution < -0.4 is 15.0 Å². The molecule has 1 fully saturated rings. The van der Waals surface area contributed by atoms with E-state index in [0.29, 0.717) is 11.4 Å². The summed E-state index contributed by atoms with van der Waals surface area (Å²) in [6.07, 6.45) is 4.76. The van der Waals surface area contributed by atoms with Crippen LogP contribution in [0.5, 0.6) is 5.75 Å². The third kappa shape index (κ3) is 3.54. The number of methoxy groups -OCH3 is 1. The van der Waals surface area contributed by atoms with Crippen molar-refractivity contribution in [2.45, 2.75) is 0 Å². The normalized spacial score (nSPS) is 16.3. The Bertz CT molecular complexity index is 899. The van der Waals surface area contributed by atoms with Gasteiger partial charge in [-0.1, -0.05) is 42.5 Å². The minimum absolute atomic E-state index is 0.118. The Kier molecular flexibility index (Phi) is 4.94. The minimum Gasteiger partial charge on any atom is -0.497 e. The van der Waals surface area contributed by atoms with Crippen LogP contribution in [0, 0.1) is 0 Å². The second-order valence-corrected chi connectivity index (χ2v) is 5.45. The molecule has 2 aromatic rings. The van der Waals surface area contributed by atoms with Crippen molar-refractivity contribution < 1.29 is 19.1 Å². The molecule has 0 spiro atoms. The van der Waals surface area contributed by atoms with Crippen molar-refractivity contribution in [3.63, 3.8) is 0 Å². The summed E-state index contributed by atoms with van der Waals surface area (Å²) in [5, 5.41) is 2.18. The first-order valence-electron chi connectivity index (χ1n) is 7.87. The maximum Gasteiger partial charge on any atom is 0.335 e. The zero-order chi connectivity index (χ0) is 18.5. The maximum absolute atomic E-state index is 12.7. The lowest BCUT2D eigenvalue weighted by molar-refractivity contribution is -0.122. The summed E-state index contributed by atoms with van der Waals surface area (Å²) in [7, 11) is 1.52. The first kappa shape index (κ1) is 17.2. The molecule has 0 bridgehead atoms. The highest BCUT2D eigenvalue weighted by Gasteiger charge is 2.36. The van der Waals surface area contributed by atoms with Crippen molar-refractivity contribution in [2.75, 3.05) is 12.0 Å². The van der Waals surface area contributed by atoms with Crippen LogP contribution in [0.3, 0.4) is 0 Å². The van der Waals surface area contributed by atoms with Crippen molar-refractivity contribution in [3.05, 3.63) is 77.9 Å². The van der Waals surface area contributed by atoms with Crippen LogP contribution in [-0.4, -0.2) is 25.0 Å². The number of hydrogen-bond acceptors (Lipinski definition) is 4. The van der Waals surface area contributed by atoms with Crippen molar-refractivity contribution in [2.24, 2.45) is 0 Å². The number of amides is 4. The SMILES string of the molecule is COc1ccc(N2C(=O)NC(=O)/C(=C\C=C\c3ccccc3)C2=O)cc1. The maximum atomic E-state index is 12.7. The zero-order valence-electron chi connectivity index (χ0n) is 14.0. The first-order chi connectivity index (χ1) is 12.6. The van der Waals surface area contributed by atoms with Gasteiger partial charge in [-0.3, -0.25) is 14.9 Å². The topological polar surface area (TPSA) is 75.7 Å². The van der Waals surface area contributed by atoms with Gasteiger partial charge in [-0.2, -0.15) is 0 Å². The number of anilines is 1. The Balaban J connectivity index is 1.87. The molecule has 0 aliphatic carbocycles. The number of allylic oxidation sites excluding steroid dienone is 2. The molecule has 3 rings (SSSR count). The fourth-order valence-electron chi connectivity index (χ4n) is 2.46. The average molecular weight is 348 g/mol. The third-order valence-corrected chi connectivity index (χ3v) is 3.78. The molecule has 0 aromatic heterocycles. The quantitative estimate of drug-likeness (QED) is 0.681. The summed E-state index contributed by atoms with van der Waals surface area (Å²) >= 11 is 0. The number of barbiturate groups is 1. The first-order valence-corrected chi connectivity index (χ1v) is 7.87. The fraction of sp³-hybridized carbons (Fsp3) is 0.0500. The molecule has 1 aliphatic rings.